The zero-order valence-electron chi connectivity index (χ0n) is 34.1. The van der Waals surface area contributed by atoms with Crippen molar-refractivity contribution in [3.8, 4) is 22.4 Å². The number of fused-ring (bicyclic) bond motifs is 1. The van der Waals surface area contributed by atoms with Crippen molar-refractivity contribution in [3.05, 3.63) is 84.4 Å². The normalized spacial score (nSPS) is 19.0. The molecule has 0 spiro atoms. The summed E-state index contributed by atoms with van der Waals surface area (Å²) < 4.78 is 9.57. The van der Waals surface area contributed by atoms with Crippen molar-refractivity contribution >= 4 is 46.1 Å². The molecule has 3 aliphatic rings. The van der Waals surface area contributed by atoms with Crippen molar-refractivity contribution < 1.29 is 28.7 Å². The fourth-order valence-electron chi connectivity index (χ4n) is 8.57. The molecule has 3 N–H and O–H groups in total. The van der Waals surface area contributed by atoms with E-state index in [1.54, 1.807) is 0 Å². The number of methoxy groups -OCH3 is 2. The van der Waals surface area contributed by atoms with Crippen LogP contribution in [0.4, 0.5) is 9.59 Å². The first-order chi connectivity index (χ1) is 28.0. The third-order valence-corrected chi connectivity index (χ3v) is 11.7. The molecule has 3 aromatic carbocycles. The molecule has 1 aromatic heterocycles. The van der Waals surface area contributed by atoms with Gasteiger partial charge in [0.25, 0.3) is 0 Å². The van der Waals surface area contributed by atoms with Gasteiger partial charge >= 0.3 is 12.2 Å². The maximum atomic E-state index is 13.7. The predicted octanol–water partition coefficient (Wildman–Crippen LogP) is 7.50. The number of nitrogens with one attached hydrogen (secondary N) is 3. The van der Waals surface area contributed by atoms with Crippen molar-refractivity contribution in [2.45, 2.75) is 84.0 Å². The van der Waals surface area contributed by atoms with Crippen LogP contribution in [0.5, 0.6) is 0 Å². The van der Waals surface area contributed by atoms with E-state index < -0.39 is 24.3 Å². The van der Waals surface area contributed by atoms with Crippen LogP contribution >= 0.6 is 0 Å². The van der Waals surface area contributed by atoms with Crippen LogP contribution in [0.2, 0.25) is 0 Å². The molecule has 13 heteroatoms. The monoisotopic (exact) mass is 787 g/mol. The van der Waals surface area contributed by atoms with E-state index in [1.807, 2.05) is 62.0 Å². The topological polar surface area (TPSA) is 158 Å². The summed E-state index contributed by atoms with van der Waals surface area (Å²) in [7, 11) is 2.59. The van der Waals surface area contributed by atoms with Crippen molar-refractivity contribution in [3.63, 3.8) is 0 Å². The molecule has 0 radical (unpaired) electrons. The van der Waals surface area contributed by atoms with E-state index in [0.717, 1.165) is 81.5 Å². The molecule has 7 rings (SSSR count). The Balaban J connectivity index is 1.06. The van der Waals surface area contributed by atoms with Gasteiger partial charge < -0.3 is 34.9 Å². The lowest BCUT2D eigenvalue weighted by atomic mass is 9.92. The van der Waals surface area contributed by atoms with Gasteiger partial charge in [-0.2, -0.15) is 0 Å². The Bertz CT molecular complexity index is 2240. The lowest BCUT2D eigenvalue weighted by molar-refractivity contribution is -0.135. The van der Waals surface area contributed by atoms with Gasteiger partial charge in [0.1, 0.15) is 17.9 Å². The highest BCUT2D eigenvalue weighted by molar-refractivity contribution is 6.06. The second kappa shape index (κ2) is 17.3. The Morgan fingerprint density at radius 2 is 1.26 bits per heavy atom. The molecule has 4 atom stereocenters. The maximum Gasteiger partial charge on any atom is 0.407 e. The molecular weight excluding hydrogens is 735 g/mol. The van der Waals surface area contributed by atoms with E-state index in [2.05, 4.69) is 64.1 Å². The lowest BCUT2D eigenvalue weighted by Gasteiger charge is -2.31. The zero-order chi connectivity index (χ0) is 41.1. The average molecular weight is 788 g/mol. The average Bonchev–Trinajstić information content (AvgIpc) is 4.08. The molecule has 2 fully saturated rings. The van der Waals surface area contributed by atoms with E-state index in [4.69, 9.17) is 19.5 Å². The van der Waals surface area contributed by atoms with E-state index in [-0.39, 0.29) is 35.7 Å². The molecule has 304 valence electrons. The summed E-state index contributed by atoms with van der Waals surface area (Å²) in [5.74, 6) is 0.274. The molecule has 58 heavy (non-hydrogen) atoms. The second-order valence-corrected chi connectivity index (χ2v) is 16.0. The Morgan fingerprint density at radius 3 is 1.84 bits per heavy atom. The van der Waals surface area contributed by atoms with Gasteiger partial charge in [-0.05, 0) is 70.6 Å². The summed E-state index contributed by atoms with van der Waals surface area (Å²) in [5.41, 5.74) is 7.22. The molecule has 4 heterocycles. The highest BCUT2D eigenvalue weighted by Gasteiger charge is 2.39. The third-order valence-electron chi connectivity index (χ3n) is 11.7. The number of aliphatic imine (C=N–C) groups is 1. The molecule has 0 bridgehead atoms. The second-order valence-electron chi connectivity index (χ2n) is 16.0. The van der Waals surface area contributed by atoms with Crippen molar-refractivity contribution in [2.24, 2.45) is 16.8 Å². The van der Waals surface area contributed by atoms with Gasteiger partial charge in [-0.3, -0.25) is 14.6 Å². The van der Waals surface area contributed by atoms with Gasteiger partial charge in [-0.25, -0.2) is 14.6 Å². The number of carbonyl (C=O) groups is 4. The summed E-state index contributed by atoms with van der Waals surface area (Å²) in [6.45, 7) is 8.86. The first kappa shape index (κ1) is 40.2. The highest BCUT2D eigenvalue weighted by Crippen LogP contribution is 2.38. The molecule has 13 nitrogen and oxygen atoms in total. The largest absolute Gasteiger partial charge is 0.453 e. The minimum Gasteiger partial charge on any atom is -0.453 e. The van der Waals surface area contributed by atoms with Gasteiger partial charge in [0.05, 0.1) is 38.2 Å². The number of ether oxygens (including phenoxy) is 2. The number of hydrogen-bond donors (Lipinski definition) is 3. The van der Waals surface area contributed by atoms with Gasteiger partial charge in [-0.1, -0.05) is 88.4 Å². The number of rotatable bonds is 11. The Labute approximate surface area is 339 Å². The van der Waals surface area contributed by atoms with E-state index in [9.17, 15) is 19.2 Å². The van der Waals surface area contributed by atoms with Gasteiger partial charge in [-0.15, -0.1) is 0 Å². The van der Waals surface area contributed by atoms with Gasteiger partial charge in [0.15, 0.2) is 0 Å². The van der Waals surface area contributed by atoms with Crippen LogP contribution in [0, 0.1) is 11.8 Å². The van der Waals surface area contributed by atoms with Crippen LogP contribution in [-0.2, 0) is 19.1 Å². The SMILES string of the molecule is COC(=O)N[C@@H](C(=O)N1CCC[C@H]1C1=NC=C(c2ccc(-c3ccc(-c4cnc([C@@H]5CCCN5C(=O)[C@H](NC(=O)OC)C(C)C)[nH]4)c4ccccc34)cc2)C1)C(C)C. The predicted molar refractivity (Wildman–Crippen MR) is 224 cm³/mol. The number of nitrogens with zero attached hydrogens (tertiary/aromatic N) is 4. The lowest BCUT2D eigenvalue weighted by Crippen LogP contribution is -2.53. The molecule has 0 aliphatic carbocycles. The van der Waals surface area contributed by atoms with Crippen LogP contribution in [0.25, 0.3) is 38.7 Å². The third kappa shape index (κ3) is 8.07. The number of amides is 4. The number of benzene rings is 3. The van der Waals surface area contributed by atoms with E-state index in [1.165, 1.54) is 14.2 Å². The van der Waals surface area contributed by atoms with Crippen molar-refractivity contribution in [1.29, 1.82) is 0 Å². The van der Waals surface area contributed by atoms with Gasteiger partial charge in [0, 0.05) is 37.0 Å². The molecule has 4 aromatic rings. The Morgan fingerprint density at radius 1 is 0.724 bits per heavy atom. The molecule has 2 saturated heterocycles. The molecular formula is C45H53N7O6. The highest BCUT2D eigenvalue weighted by atomic mass is 16.5. The van der Waals surface area contributed by atoms with Crippen LogP contribution < -0.4 is 10.6 Å². The van der Waals surface area contributed by atoms with E-state index in [0.29, 0.717) is 19.5 Å². The number of H-pyrrole nitrogens is 1. The number of carbonyl (C=O) groups excluding carboxylic acids is 4. The fourth-order valence-corrected chi connectivity index (χ4v) is 8.57. The first-order valence-corrected chi connectivity index (χ1v) is 20.2. The van der Waals surface area contributed by atoms with Crippen LogP contribution in [0.15, 0.2) is 78.1 Å². The number of likely N-dealkylation sites (tertiary alicyclic amines) is 2. The quantitative estimate of drug-likeness (QED) is 0.142. The van der Waals surface area contributed by atoms with E-state index >= 15 is 0 Å². The van der Waals surface area contributed by atoms with Crippen molar-refractivity contribution in [2.75, 3.05) is 27.3 Å². The number of allylic oxidation sites excluding steroid dienone is 1. The number of aromatic nitrogens is 2. The summed E-state index contributed by atoms with van der Waals surface area (Å²) in [4.78, 5) is 68.2. The number of alkyl carbamates (subject to hydrolysis) is 2. The summed E-state index contributed by atoms with van der Waals surface area (Å²) in [6.07, 6.45) is 6.52. The van der Waals surface area contributed by atoms with Crippen LogP contribution in [0.1, 0.15) is 77.2 Å². The summed E-state index contributed by atoms with van der Waals surface area (Å²) in [5, 5.41) is 7.62. The number of imidazole rings is 1. The minimum atomic E-state index is -0.698. The fraction of sp³-hybridized carbons (Fsp3) is 0.422. The number of aromatic amines is 1. The molecule has 0 unspecified atom stereocenters. The summed E-state index contributed by atoms with van der Waals surface area (Å²) in [6, 6.07) is 19.5. The molecule has 4 amide bonds. The van der Waals surface area contributed by atoms with Gasteiger partial charge in [0.2, 0.25) is 11.8 Å². The molecule has 3 aliphatic heterocycles. The number of hydrogen-bond acceptors (Lipinski definition) is 8. The molecule has 0 saturated carbocycles. The first-order valence-electron chi connectivity index (χ1n) is 20.2. The van der Waals surface area contributed by atoms with Crippen LogP contribution in [-0.4, -0.2) is 94.9 Å². The van der Waals surface area contributed by atoms with Crippen LogP contribution in [0.3, 0.4) is 0 Å². The zero-order valence-corrected chi connectivity index (χ0v) is 34.1. The maximum absolute atomic E-state index is 13.7. The summed E-state index contributed by atoms with van der Waals surface area (Å²) >= 11 is 0. The Kier molecular flexibility index (Phi) is 12.0. The minimum absolute atomic E-state index is 0.0910. The smallest absolute Gasteiger partial charge is 0.407 e. The van der Waals surface area contributed by atoms with Crippen molar-refractivity contribution in [1.82, 2.24) is 30.4 Å². The Hall–Kier alpha value is -5.98. The standard InChI is InChI=1S/C45H53N7O6/c1-26(2)39(49-44(55)57-5)42(53)51-21-9-13-37(51)35-23-30(24-46-35)28-15-17-29(18-16-28)31-19-20-34(33-12-8-7-11-32(31)33)36-25-47-41(48-36)38-14-10-22-52(38)43(54)40(27(3)4)50-45(56)58-6/h7-8,11-12,15-20,24-27,37-40H,9-10,13-14,21-23H2,1-6H3,(H,47,48)(H,49,55)(H,50,56)/t37-,38-,39+,40+/m0/s1.